The Labute approximate surface area is 166 Å². The van der Waals surface area contributed by atoms with Crippen molar-refractivity contribution in [3.05, 3.63) is 77.2 Å². The van der Waals surface area contributed by atoms with E-state index in [1.807, 2.05) is 0 Å². The van der Waals surface area contributed by atoms with Gasteiger partial charge in [0, 0.05) is 10.6 Å². The Morgan fingerprint density at radius 2 is 1.79 bits per heavy atom. The van der Waals surface area contributed by atoms with Gasteiger partial charge in [0.1, 0.15) is 0 Å². The lowest BCUT2D eigenvalue weighted by Gasteiger charge is -2.14. The molecule has 28 heavy (non-hydrogen) atoms. The molecule has 2 N–H and O–H groups in total. The van der Waals surface area contributed by atoms with Gasteiger partial charge in [-0.3, -0.25) is 14.3 Å². The summed E-state index contributed by atoms with van der Waals surface area (Å²) in [6, 6.07) is 13.0. The predicted octanol–water partition coefficient (Wildman–Crippen LogP) is 4.19. The van der Waals surface area contributed by atoms with Crippen molar-refractivity contribution >= 4 is 44.7 Å². The number of carbonyl (C=O) groups is 2. The zero-order chi connectivity index (χ0) is 20.3. The van der Waals surface area contributed by atoms with Crippen LogP contribution in [-0.4, -0.2) is 20.1 Å². The van der Waals surface area contributed by atoms with Crippen LogP contribution in [0.4, 0.5) is 11.4 Å². The number of nitrogens with one attached hydrogen (secondary N) is 2. The van der Waals surface area contributed by atoms with Crippen LogP contribution in [0.5, 0.6) is 0 Å². The molecule has 0 aliphatic heterocycles. The maximum atomic E-state index is 12.7. The third kappa shape index (κ3) is 4.41. The number of hydrogen-bond donors (Lipinski definition) is 2. The van der Waals surface area contributed by atoms with Gasteiger partial charge in [0.2, 0.25) is 0 Å². The summed E-state index contributed by atoms with van der Waals surface area (Å²) in [4.78, 5) is 23.7. The third-order valence-electron chi connectivity index (χ3n) is 3.77. The summed E-state index contributed by atoms with van der Waals surface area (Å²) in [7, 11) is -4.01. The fourth-order valence-corrected chi connectivity index (χ4v) is 3.68. The molecule has 2 aromatic carbocycles. The molecule has 144 valence electrons. The fraction of sp³-hybridized carbons (Fsp3) is 0.0526. The number of benzene rings is 2. The Morgan fingerprint density at radius 3 is 2.46 bits per heavy atom. The molecular weight excluding hydrogens is 404 g/mol. The molecule has 0 aliphatic carbocycles. The van der Waals surface area contributed by atoms with Crippen LogP contribution in [0.3, 0.4) is 0 Å². The molecule has 0 aliphatic rings. The number of halogens is 1. The summed E-state index contributed by atoms with van der Waals surface area (Å²) in [6.45, 7) is 1.35. The molecule has 0 spiro atoms. The van der Waals surface area contributed by atoms with Gasteiger partial charge in [0.05, 0.1) is 22.5 Å². The molecular formula is C19H15ClN2O5S. The average Bonchev–Trinajstić information content (AvgIpc) is 3.19. The molecule has 1 amide bonds. The van der Waals surface area contributed by atoms with Crippen LogP contribution in [0.25, 0.3) is 0 Å². The molecule has 7 nitrogen and oxygen atoms in total. The first kappa shape index (κ1) is 19.7. The van der Waals surface area contributed by atoms with E-state index in [1.54, 1.807) is 6.07 Å². The van der Waals surface area contributed by atoms with Gasteiger partial charge < -0.3 is 9.73 Å². The van der Waals surface area contributed by atoms with Crippen molar-refractivity contribution in [3.63, 3.8) is 0 Å². The quantitative estimate of drug-likeness (QED) is 0.584. The van der Waals surface area contributed by atoms with E-state index in [4.69, 9.17) is 16.0 Å². The van der Waals surface area contributed by atoms with E-state index in [0.717, 1.165) is 0 Å². The molecule has 0 radical (unpaired) electrons. The van der Waals surface area contributed by atoms with E-state index in [0.29, 0.717) is 5.02 Å². The average molecular weight is 419 g/mol. The molecule has 0 atom stereocenters. The van der Waals surface area contributed by atoms with Gasteiger partial charge in [-0.1, -0.05) is 23.7 Å². The number of hydrogen-bond acceptors (Lipinski definition) is 5. The first-order valence-corrected chi connectivity index (χ1v) is 9.90. The topological polar surface area (TPSA) is 105 Å². The molecule has 3 aromatic rings. The third-order valence-corrected chi connectivity index (χ3v) is 5.37. The minimum Gasteiger partial charge on any atom is -0.459 e. The smallest absolute Gasteiger partial charge is 0.291 e. The maximum Gasteiger partial charge on any atom is 0.291 e. The maximum absolute atomic E-state index is 12.7. The van der Waals surface area contributed by atoms with Gasteiger partial charge in [-0.25, -0.2) is 8.42 Å². The Balaban J connectivity index is 1.92. The second-order valence-electron chi connectivity index (χ2n) is 5.81. The molecule has 0 unspecified atom stereocenters. The summed E-state index contributed by atoms with van der Waals surface area (Å²) in [5.41, 5.74) is 0.531. The van der Waals surface area contributed by atoms with E-state index >= 15 is 0 Å². The summed E-state index contributed by atoms with van der Waals surface area (Å²) in [6.07, 6.45) is 1.35. The van der Waals surface area contributed by atoms with Crippen LogP contribution in [0.1, 0.15) is 27.8 Å². The Bertz CT molecular complexity index is 1140. The van der Waals surface area contributed by atoms with Crippen LogP contribution in [0, 0.1) is 0 Å². The number of furan rings is 1. The zero-order valence-corrected chi connectivity index (χ0v) is 16.2. The number of sulfonamides is 1. The number of ketones is 1. The van der Waals surface area contributed by atoms with Gasteiger partial charge in [0.15, 0.2) is 11.5 Å². The molecule has 3 rings (SSSR count). The van der Waals surface area contributed by atoms with E-state index in [9.17, 15) is 18.0 Å². The number of amides is 1. The molecule has 0 saturated heterocycles. The fourth-order valence-electron chi connectivity index (χ4n) is 2.39. The Morgan fingerprint density at radius 1 is 1.00 bits per heavy atom. The van der Waals surface area contributed by atoms with E-state index in [2.05, 4.69) is 10.0 Å². The van der Waals surface area contributed by atoms with Crippen molar-refractivity contribution in [2.45, 2.75) is 11.8 Å². The minimum absolute atomic E-state index is 0.0583. The van der Waals surface area contributed by atoms with Crippen LogP contribution in [0.2, 0.25) is 5.02 Å². The number of rotatable bonds is 6. The highest BCUT2D eigenvalue weighted by Gasteiger charge is 2.19. The van der Waals surface area contributed by atoms with Crippen molar-refractivity contribution in [3.8, 4) is 0 Å². The predicted molar refractivity (Wildman–Crippen MR) is 105 cm³/mol. The zero-order valence-electron chi connectivity index (χ0n) is 14.6. The summed E-state index contributed by atoms with van der Waals surface area (Å²) < 4.78 is 32.9. The summed E-state index contributed by atoms with van der Waals surface area (Å²) >= 11 is 5.98. The van der Waals surface area contributed by atoms with Crippen molar-refractivity contribution in [1.82, 2.24) is 0 Å². The lowest BCUT2D eigenvalue weighted by atomic mass is 10.2. The second-order valence-corrected chi connectivity index (χ2v) is 7.93. The summed E-state index contributed by atoms with van der Waals surface area (Å²) in [5.74, 6) is -0.760. The first-order chi connectivity index (χ1) is 13.3. The molecule has 0 bridgehead atoms. The lowest BCUT2D eigenvalue weighted by molar-refractivity contribution is 0.0993. The number of carbonyl (C=O) groups excluding carboxylic acids is 2. The van der Waals surface area contributed by atoms with Gasteiger partial charge in [-0.05, 0) is 49.4 Å². The van der Waals surface area contributed by atoms with Crippen molar-refractivity contribution in [2.75, 3.05) is 10.0 Å². The van der Waals surface area contributed by atoms with Crippen molar-refractivity contribution in [2.24, 2.45) is 0 Å². The highest BCUT2D eigenvalue weighted by Crippen LogP contribution is 2.29. The number of anilines is 2. The van der Waals surface area contributed by atoms with Crippen LogP contribution in [0.15, 0.2) is 70.2 Å². The van der Waals surface area contributed by atoms with Crippen LogP contribution >= 0.6 is 11.6 Å². The molecule has 0 saturated carbocycles. The van der Waals surface area contributed by atoms with Crippen LogP contribution in [-0.2, 0) is 10.0 Å². The Kier molecular flexibility index (Phi) is 5.53. The second kappa shape index (κ2) is 7.87. The largest absolute Gasteiger partial charge is 0.459 e. The van der Waals surface area contributed by atoms with Crippen molar-refractivity contribution < 1.29 is 22.4 Å². The van der Waals surface area contributed by atoms with Crippen molar-refractivity contribution in [1.29, 1.82) is 0 Å². The van der Waals surface area contributed by atoms with E-state index in [1.165, 1.54) is 61.7 Å². The number of Topliss-reactive ketones (excluding diaryl/α,β-unsaturated/α-hetero) is 1. The monoisotopic (exact) mass is 418 g/mol. The first-order valence-electron chi connectivity index (χ1n) is 8.04. The Hall–Kier alpha value is -3.10. The normalized spacial score (nSPS) is 11.1. The van der Waals surface area contributed by atoms with E-state index < -0.39 is 15.9 Å². The van der Waals surface area contributed by atoms with E-state index in [-0.39, 0.29) is 33.4 Å². The van der Waals surface area contributed by atoms with Gasteiger partial charge in [-0.2, -0.15) is 0 Å². The minimum atomic E-state index is -4.01. The SMILES string of the molecule is CC(=O)c1cccc(S(=O)(=O)Nc2ccc(Cl)cc2NC(=O)c2ccco2)c1. The lowest BCUT2D eigenvalue weighted by Crippen LogP contribution is -2.17. The molecule has 1 aromatic heterocycles. The molecule has 1 heterocycles. The van der Waals surface area contributed by atoms with Gasteiger partial charge in [-0.15, -0.1) is 0 Å². The molecule has 9 heteroatoms. The highest BCUT2D eigenvalue weighted by atomic mass is 35.5. The standard InChI is InChI=1S/C19H15ClN2O5S/c1-12(23)13-4-2-5-15(10-13)28(25,26)22-16-8-7-14(20)11-17(16)21-19(24)18-6-3-9-27-18/h2-11,22H,1H3,(H,21,24). The van der Waals surface area contributed by atoms with Gasteiger partial charge in [0.25, 0.3) is 15.9 Å². The van der Waals surface area contributed by atoms with Crippen LogP contribution < -0.4 is 10.0 Å². The van der Waals surface area contributed by atoms with Gasteiger partial charge >= 0.3 is 0 Å². The highest BCUT2D eigenvalue weighted by molar-refractivity contribution is 7.92. The molecule has 0 fully saturated rings. The summed E-state index contributed by atoms with van der Waals surface area (Å²) in [5, 5.41) is 2.86.